The quantitative estimate of drug-likeness (QED) is 0.730. The van der Waals surface area contributed by atoms with Gasteiger partial charge in [0.25, 0.3) is 0 Å². The Hall–Kier alpha value is -0.830. The van der Waals surface area contributed by atoms with Gasteiger partial charge in [-0.15, -0.1) is 11.6 Å². The molecule has 1 aromatic rings. The molecule has 2 saturated carbocycles. The van der Waals surface area contributed by atoms with Crippen LogP contribution in [0.5, 0.6) is 5.75 Å². The molecule has 0 amide bonds. The highest BCUT2D eigenvalue weighted by Gasteiger charge is 2.56. The Kier molecular flexibility index (Phi) is 2.97. The molecule has 0 N–H and O–H groups in total. The summed E-state index contributed by atoms with van der Waals surface area (Å²) >= 11 is 6.32. The van der Waals surface area contributed by atoms with Crippen molar-refractivity contribution in [3.8, 4) is 5.75 Å². The second-order valence-electron chi connectivity index (χ2n) is 5.33. The van der Waals surface area contributed by atoms with Gasteiger partial charge in [0.05, 0.1) is 0 Å². The van der Waals surface area contributed by atoms with E-state index >= 15 is 0 Å². The first-order chi connectivity index (χ1) is 8.62. The van der Waals surface area contributed by atoms with Crippen LogP contribution in [0.2, 0.25) is 0 Å². The van der Waals surface area contributed by atoms with Crippen molar-refractivity contribution in [1.29, 1.82) is 0 Å². The molecular weight excluding hydrogens is 258 g/mol. The van der Waals surface area contributed by atoms with Gasteiger partial charge in [0, 0.05) is 23.3 Å². The van der Waals surface area contributed by atoms with Crippen molar-refractivity contribution in [1.82, 2.24) is 0 Å². The standard InChI is InChI=1S/C14H15ClF2O/c15-12-8-13(14(12)5-1-2-6-14)18-9-3-4-10(16)11(17)7-9/h3-4,7,12-13H,1-2,5-6,8H2. The first kappa shape index (κ1) is 12.2. The Morgan fingerprint density at radius 1 is 1.17 bits per heavy atom. The van der Waals surface area contributed by atoms with E-state index < -0.39 is 11.6 Å². The molecule has 2 aliphatic carbocycles. The van der Waals surface area contributed by atoms with Crippen LogP contribution in [0.3, 0.4) is 0 Å². The Bertz CT molecular complexity index is 457. The molecule has 0 aliphatic heterocycles. The van der Waals surface area contributed by atoms with E-state index in [1.165, 1.54) is 18.9 Å². The van der Waals surface area contributed by atoms with Gasteiger partial charge >= 0.3 is 0 Å². The molecule has 2 aliphatic rings. The third-order valence-corrected chi connectivity index (χ3v) is 5.00. The van der Waals surface area contributed by atoms with Crippen LogP contribution >= 0.6 is 11.6 Å². The van der Waals surface area contributed by atoms with Crippen molar-refractivity contribution >= 4 is 11.6 Å². The molecule has 2 fully saturated rings. The van der Waals surface area contributed by atoms with Crippen molar-refractivity contribution < 1.29 is 13.5 Å². The van der Waals surface area contributed by atoms with Crippen molar-refractivity contribution in [2.75, 3.05) is 0 Å². The molecular formula is C14H15ClF2O. The third-order valence-electron chi connectivity index (χ3n) is 4.39. The van der Waals surface area contributed by atoms with Crippen LogP contribution in [0, 0.1) is 17.0 Å². The lowest BCUT2D eigenvalue weighted by Gasteiger charge is -2.50. The molecule has 1 nitrogen and oxygen atoms in total. The molecule has 1 aromatic carbocycles. The van der Waals surface area contributed by atoms with Crippen LogP contribution in [0.4, 0.5) is 8.78 Å². The van der Waals surface area contributed by atoms with Gasteiger partial charge in [0.1, 0.15) is 11.9 Å². The van der Waals surface area contributed by atoms with E-state index in [0.717, 1.165) is 31.4 Å². The van der Waals surface area contributed by atoms with Crippen molar-refractivity contribution in [3.63, 3.8) is 0 Å². The average molecular weight is 273 g/mol. The van der Waals surface area contributed by atoms with Crippen molar-refractivity contribution in [3.05, 3.63) is 29.8 Å². The summed E-state index contributed by atoms with van der Waals surface area (Å²) < 4.78 is 31.8. The zero-order valence-corrected chi connectivity index (χ0v) is 10.7. The summed E-state index contributed by atoms with van der Waals surface area (Å²) in [6.07, 6.45) is 5.36. The highest BCUT2D eigenvalue weighted by molar-refractivity contribution is 6.21. The molecule has 2 atom stereocenters. The van der Waals surface area contributed by atoms with E-state index in [-0.39, 0.29) is 16.9 Å². The second kappa shape index (κ2) is 4.37. The normalized spacial score (nSPS) is 29.3. The number of hydrogen-bond donors (Lipinski definition) is 0. The second-order valence-corrected chi connectivity index (χ2v) is 5.85. The molecule has 2 unspecified atom stereocenters. The van der Waals surface area contributed by atoms with Gasteiger partial charge in [0.15, 0.2) is 11.6 Å². The average Bonchev–Trinajstić information content (AvgIpc) is 2.85. The molecule has 0 bridgehead atoms. The highest BCUT2D eigenvalue weighted by atomic mass is 35.5. The van der Waals surface area contributed by atoms with Crippen molar-refractivity contribution in [2.45, 2.75) is 43.6 Å². The van der Waals surface area contributed by atoms with E-state index in [1.807, 2.05) is 0 Å². The number of alkyl halides is 1. The topological polar surface area (TPSA) is 9.23 Å². The zero-order valence-electron chi connectivity index (χ0n) is 9.96. The van der Waals surface area contributed by atoms with Crippen LogP contribution in [-0.4, -0.2) is 11.5 Å². The molecule has 0 aromatic heterocycles. The summed E-state index contributed by atoms with van der Waals surface area (Å²) in [5, 5.41) is 0.162. The lowest BCUT2D eigenvalue weighted by Crippen LogP contribution is -2.55. The lowest BCUT2D eigenvalue weighted by molar-refractivity contribution is -0.0357. The summed E-state index contributed by atoms with van der Waals surface area (Å²) in [6, 6.07) is 3.69. The smallest absolute Gasteiger partial charge is 0.162 e. The van der Waals surface area contributed by atoms with Gasteiger partial charge in [-0.1, -0.05) is 12.8 Å². The minimum absolute atomic E-state index is 0.0485. The maximum Gasteiger partial charge on any atom is 0.162 e. The minimum Gasteiger partial charge on any atom is -0.490 e. The molecule has 18 heavy (non-hydrogen) atoms. The van der Waals surface area contributed by atoms with E-state index in [9.17, 15) is 8.78 Å². The van der Waals surface area contributed by atoms with E-state index in [2.05, 4.69) is 0 Å². The maximum absolute atomic E-state index is 13.1. The molecule has 4 heteroatoms. The van der Waals surface area contributed by atoms with Crippen LogP contribution in [-0.2, 0) is 0 Å². The molecule has 98 valence electrons. The molecule has 0 saturated heterocycles. The Balaban J connectivity index is 1.75. The molecule has 3 rings (SSSR count). The summed E-state index contributed by atoms with van der Waals surface area (Å²) in [6.45, 7) is 0. The summed E-state index contributed by atoms with van der Waals surface area (Å²) in [5.74, 6) is -1.31. The first-order valence-electron chi connectivity index (χ1n) is 6.37. The predicted molar refractivity (Wildman–Crippen MR) is 65.9 cm³/mol. The first-order valence-corrected chi connectivity index (χ1v) is 6.81. The maximum atomic E-state index is 13.1. The fourth-order valence-corrected chi connectivity index (χ4v) is 3.77. The van der Waals surface area contributed by atoms with E-state index in [4.69, 9.17) is 16.3 Å². The van der Waals surface area contributed by atoms with Gasteiger partial charge in [0.2, 0.25) is 0 Å². The number of rotatable bonds is 2. The number of ether oxygens (including phenoxy) is 1. The van der Waals surface area contributed by atoms with E-state index in [0.29, 0.717) is 5.75 Å². The monoisotopic (exact) mass is 272 g/mol. The fourth-order valence-electron chi connectivity index (χ4n) is 3.25. The van der Waals surface area contributed by atoms with E-state index in [1.54, 1.807) is 0 Å². The molecule has 1 spiro atoms. The Morgan fingerprint density at radius 2 is 1.89 bits per heavy atom. The SMILES string of the molecule is Fc1ccc(OC2CC(Cl)C23CCCC3)cc1F. The van der Waals surface area contributed by atoms with Crippen LogP contribution in [0.1, 0.15) is 32.1 Å². The third kappa shape index (κ3) is 1.80. The predicted octanol–water partition coefficient (Wildman–Crippen LogP) is 4.28. The summed E-state index contributed by atoms with van der Waals surface area (Å²) in [4.78, 5) is 0. The Labute approximate surface area is 110 Å². The van der Waals surface area contributed by atoms with Gasteiger partial charge in [-0.3, -0.25) is 0 Å². The summed E-state index contributed by atoms with van der Waals surface area (Å²) in [5.41, 5.74) is 0.0619. The van der Waals surface area contributed by atoms with Gasteiger partial charge < -0.3 is 4.74 Å². The van der Waals surface area contributed by atoms with Crippen LogP contribution < -0.4 is 4.74 Å². The fraction of sp³-hybridized carbons (Fsp3) is 0.571. The zero-order chi connectivity index (χ0) is 12.8. The van der Waals surface area contributed by atoms with Crippen LogP contribution in [0.25, 0.3) is 0 Å². The number of hydrogen-bond acceptors (Lipinski definition) is 1. The van der Waals surface area contributed by atoms with Gasteiger partial charge in [-0.25, -0.2) is 8.78 Å². The van der Waals surface area contributed by atoms with Crippen molar-refractivity contribution in [2.24, 2.45) is 5.41 Å². The number of benzene rings is 1. The largest absolute Gasteiger partial charge is 0.490 e. The number of halogens is 3. The highest BCUT2D eigenvalue weighted by Crippen LogP contribution is 2.57. The van der Waals surface area contributed by atoms with Gasteiger partial charge in [-0.05, 0) is 25.0 Å². The van der Waals surface area contributed by atoms with Gasteiger partial charge in [-0.2, -0.15) is 0 Å². The summed E-state index contributed by atoms with van der Waals surface area (Å²) in [7, 11) is 0. The van der Waals surface area contributed by atoms with Crippen LogP contribution in [0.15, 0.2) is 18.2 Å². The molecule has 0 heterocycles. The molecule has 0 radical (unpaired) electrons. The lowest BCUT2D eigenvalue weighted by atomic mass is 9.64. The Morgan fingerprint density at radius 3 is 2.50 bits per heavy atom. The minimum atomic E-state index is -0.866.